The summed E-state index contributed by atoms with van der Waals surface area (Å²) < 4.78 is 33.7. The minimum absolute atomic E-state index is 0.0852. The fourth-order valence-corrected chi connectivity index (χ4v) is 6.21. The fourth-order valence-electron chi connectivity index (χ4n) is 4.52. The first-order valence-electron chi connectivity index (χ1n) is 12.0. The zero-order chi connectivity index (χ0) is 27.0. The molecule has 11 heteroatoms. The van der Waals surface area contributed by atoms with E-state index >= 15 is 0 Å². The second-order valence-electron chi connectivity index (χ2n) is 9.03. The summed E-state index contributed by atoms with van der Waals surface area (Å²) in [7, 11) is -4.05. The Morgan fingerprint density at radius 3 is 2.34 bits per heavy atom. The number of carbonyl (C=O) groups excluding carboxylic acids is 2. The van der Waals surface area contributed by atoms with Gasteiger partial charge in [-0.25, -0.2) is 8.42 Å². The van der Waals surface area contributed by atoms with Gasteiger partial charge < -0.3 is 14.6 Å². The lowest BCUT2D eigenvalue weighted by Crippen LogP contribution is -2.50. The zero-order valence-electron chi connectivity index (χ0n) is 20.8. The summed E-state index contributed by atoms with van der Waals surface area (Å²) in [6.45, 7) is 3.76. The number of aryl methyl sites for hydroxylation is 1. The third kappa shape index (κ3) is 5.02. The van der Waals surface area contributed by atoms with Crippen molar-refractivity contribution in [2.24, 2.45) is 0 Å². The van der Waals surface area contributed by atoms with Gasteiger partial charge in [-0.3, -0.25) is 14.6 Å². The molecule has 1 N–H and O–H groups in total. The number of halogens is 1. The van der Waals surface area contributed by atoms with Crippen molar-refractivity contribution in [1.82, 2.24) is 19.2 Å². The van der Waals surface area contributed by atoms with Crippen LogP contribution in [0.2, 0.25) is 5.02 Å². The summed E-state index contributed by atoms with van der Waals surface area (Å²) in [5.41, 5.74) is 3.91. The molecule has 0 unspecified atom stereocenters. The molecular weight excluding hydrogens is 528 g/mol. The molecule has 4 aromatic rings. The predicted octanol–water partition coefficient (Wildman–Crippen LogP) is 4.26. The van der Waals surface area contributed by atoms with Crippen molar-refractivity contribution in [3.8, 4) is 16.9 Å². The van der Waals surface area contributed by atoms with Crippen molar-refractivity contribution in [1.29, 1.82) is 0 Å². The minimum atomic E-state index is -4.05. The van der Waals surface area contributed by atoms with E-state index in [1.165, 1.54) is 11.2 Å². The number of aromatic amines is 1. The third-order valence-corrected chi connectivity index (χ3v) is 8.50. The van der Waals surface area contributed by atoms with Crippen LogP contribution in [0.15, 0.2) is 65.8 Å². The predicted molar refractivity (Wildman–Crippen MR) is 144 cm³/mol. The summed E-state index contributed by atoms with van der Waals surface area (Å²) >= 11 is 6.09. The van der Waals surface area contributed by atoms with Gasteiger partial charge in [0.2, 0.25) is 0 Å². The average Bonchev–Trinajstić information content (AvgIpc) is 3.26. The van der Waals surface area contributed by atoms with Gasteiger partial charge in [0.1, 0.15) is 0 Å². The molecule has 1 fully saturated rings. The summed E-state index contributed by atoms with van der Waals surface area (Å²) in [4.78, 5) is 33.6. The summed E-state index contributed by atoms with van der Waals surface area (Å²) in [5.74, 6) is -0.902. The van der Waals surface area contributed by atoms with Crippen LogP contribution in [0, 0.1) is 6.92 Å². The van der Waals surface area contributed by atoms with Crippen molar-refractivity contribution < 1.29 is 22.7 Å². The Morgan fingerprint density at radius 1 is 0.974 bits per heavy atom. The number of H-pyrrole nitrogens is 1. The van der Waals surface area contributed by atoms with Gasteiger partial charge >= 0.3 is 5.97 Å². The number of amides is 1. The first-order chi connectivity index (χ1) is 18.1. The van der Waals surface area contributed by atoms with Gasteiger partial charge in [0.15, 0.2) is 10.8 Å². The number of nitrogens with zero attached hydrogens (tertiary/aromatic N) is 3. The standard InChI is InChI=1S/C27H25ClN4O5S/c1-17-15-21(9-10-29-17)19-3-5-20(6-4-19)27(34)31-11-13-32(14-12-31)38(35,36)26-25(37-18(2)33)23-16-22(28)7-8-24(23)30-26/h3-10,15-16,30H,11-14H2,1-2H3. The maximum Gasteiger partial charge on any atom is 0.308 e. The summed E-state index contributed by atoms with van der Waals surface area (Å²) in [6, 6.07) is 16.0. The van der Waals surface area contributed by atoms with Gasteiger partial charge in [-0.2, -0.15) is 4.31 Å². The zero-order valence-corrected chi connectivity index (χ0v) is 22.3. The van der Waals surface area contributed by atoms with E-state index in [0.717, 1.165) is 16.8 Å². The van der Waals surface area contributed by atoms with Crippen molar-refractivity contribution in [2.45, 2.75) is 18.9 Å². The van der Waals surface area contributed by atoms with Crippen LogP contribution in [0.4, 0.5) is 0 Å². The molecule has 2 aromatic heterocycles. The Hall–Kier alpha value is -3.73. The van der Waals surface area contributed by atoms with Crippen LogP contribution >= 0.6 is 11.6 Å². The molecule has 1 aliphatic rings. The number of benzene rings is 2. The number of aromatic nitrogens is 2. The number of hydrogen-bond donors (Lipinski definition) is 1. The van der Waals surface area contributed by atoms with Crippen molar-refractivity contribution >= 4 is 44.4 Å². The van der Waals surface area contributed by atoms with Crippen LogP contribution in [0.5, 0.6) is 5.75 Å². The molecule has 3 heterocycles. The number of carbonyl (C=O) groups is 2. The molecule has 0 radical (unpaired) electrons. The normalized spacial score (nSPS) is 14.6. The van der Waals surface area contributed by atoms with Crippen LogP contribution in [0.25, 0.3) is 22.0 Å². The number of fused-ring (bicyclic) bond motifs is 1. The maximum absolute atomic E-state index is 13.5. The first-order valence-corrected chi connectivity index (χ1v) is 13.8. The van der Waals surface area contributed by atoms with Crippen LogP contribution in [-0.4, -0.2) is 65.6 Å². The second kappa shape index (κ2) is 10.2. The van der Waals surface area contributed by atoms with E-state index in [0.29, 0.717) is 21.5 Å². The second-order valence-corrected chi connectivity index (χ2v) is 11.3. The molecule has 1 aliphatic heterocycles. The number of nitrogens with one attached hydrogen (secondary N) is 1. The van der Waals surface area contributed by atoms with Crippen LogP contribution in [0.3, 0.4) is 0 Å². The van der Waals surface area contributed by atoms with E-state index in [9.17, 15) is 18.0 Å². The minimum Gasteiger partial charge on any atom is -0.423 e. The van der Waals surface area contributed by atoms with Crippen LogP contribution < -0.4 is 4.74 Å². The highest BCUT2D eigenvalue weighted by Gasteiger charge is 2.35. The number of hydrogen-bond acceptors (Lipinski definition) is 6. The Kier molecular flexibility index (Phi) is 6.95. The smallest absolute Gasteiger partial charge is 0.308 e. The third-order valence-electron chi connectivity index (χ3n) is 6.41. The molecule has 5 rings (SSSR count). The summed E-state index contributed by atoms with van der Waals surface area (Å²) in [5, 5.41) is 0.557. The van der Waals surface area contributed by atoms with Gasteiger partial charge in [-0.15, -0.1) is 0 Å². The van der Waals surface area contributed by atoms with Gasteiger partial charge in [0.25, 0.3) is 15.9 Å². The Balaban J connectivity index is 1.32. The molecule has 0 bridgehead atoms. The van der Waals surface area contributed by atoms with Gasteiger partial charge in [-0.1, -0.05) is 23.7 Å². The molecule has 1 saturated heterocycles. The van der Waals surface area contributed by atoms with Crippen LogP contribution in [-0.2, 0) is 14.8 Å². The largest absolute Gasteiger partial charge is 0.423 e. The number of esters is 1. The molecule has 0 saturated carbocycles. The van der Waals surface area contributed by atoms with Gasteiger partial charge in [0, 0.05) is 61.0 Å². The number of rotatable bonds is 5. The van der Waals surface area contributed by atoms with E-state index in [1.807, 2.05) is 31.2 Å². The molecule has 2 aromatic carbocycles. The molecule has 38 heavy (non-hydrogen) atoms. The van der Waals surface area contributed by atoms with E-state index < -0.39 is 16.0 Å². The maximum atomic E-state index is 13.5. The molecular formula is C27H25ClN4O5S. The van der Waals surface area contributed by atoms with Crippen LogP contribution in [0.1, 0.15) is 23.0 Å². The lowest BCUT2D eigenvalue weighted by atomic mass is 10.0. The van der Waals surface area contributed by atoms with Gasteiger partial charge in [0.05, 0.1) is 5.52 Å². The molecule has 0 atom stereocenters. The number of pyridine rings is 1. The molecule has 0 spiro atoms. The molecule has 1 amide bonds. The molecule has 196 valence electrons. The number of piperazine rings is 1. The lowest BCUT2D eigenvalue weighted by molar-refractivity contribution is -0.131. The van der Waals surface area contributed by atoms with E-state index in [-0.39, 0.29) is 42.9 Å². The lowest BCUT2D eigenvalue weighted by Gasteiger charge is -2.33. The SMILES string of the molecule is CC(=O)Oc1c(S(=O)(=O)N2CCN(C(=O)c3ccc(-c4ccnc(C)c4)cc3)CC2)[nH]c2ccc(Cl)cc12. The van der Waals surface area contributed by atoms with E-state index in [4.69, 9.17) is 16.3 Å². The Bertz CT molecular complexity index is 1640. The number of sulfonamides is 1. The Labute approximate surface area is 225 Å². The molecule has 9 nitrogen and oxygen atoms in total. The average molecular weight is 553 g/mol. The van der Waals surface area contributed by atoms with E-state index in [1.54, 1.807) is 41.4 Å². The van der Waals surface area contributed by atoms with E-state index in [2.05, 4.69) is 9.97 Å². The van der Waals surface area contributed by atoms with Crippen molar-refractivity contribution in [2.75, 3.05) is 26.2 Å². The first kappa shape index (κ1) is 25.9. The highest BCUT2D eigenvalue weighted by molar-refractivity contribution is 7.89. The Morgan fingerprint density at radius 2 is 1.68 bits per heavy atom. The fraction of sp³-hybridized carbons (Fsp3) is 0.222. The summed E-state index contributed by atoms with van der Waals surface area (Å²) in [6.07, 6.45) is 1.75. The monoisotopic (exact) mass is 552 g/mol. The van der Waals surface area contributed by atoms with Crippen molar-refractivity contribution in [3.63, 3.8) is 0 Å². The van der Waals surface area contributed by atoms with Gasteiger partial charge in [-0.05, 0) is 60.5 Å². The quantitative estimate of drug-likeness (QED) is 0.370. The van der Waals surface area contributed by atoms with Crippen molar-refractivity contribution in [3.05, 3.63) is 77.1 Å². The highest BCUT2D eigenvalue weighted by atomic mass is 35.5. The topological polar surface area (TPSA) is 113 Å². The number of ether oxygens (including phenoxy) is 1. The highest BCUT2D eigenvalue weighted by Crippen LogP contribution is 2.36. The molecule has 0 aliphatic carbocycles.